The molecule has 0 heterocycles. The summed E-state index contributed by atoms with van der Waals surface area (Å²) in [7, 11) is 0. The van der Waals surface area contributed by atoms with Gasteiger partial charge in [-0.15, -0.1) is 0 Å². The number of benzene rings is 4. The topological polar surface area (TPSA) is 0 Å². The van der Waals surface area contributed by atoms with Crippen LogP contribution in [-0.2, 0) is 6.42 Å². The standard InChI is InChI=1S/C13H12.C12H12.C11H12.C10H10.C9H10.8C2H6/c1-11-7-9-13(10-8-11)12-5-3-2-4-6-12;1-10-7-8-12(9-10)11-5-3-2-4-6-11;1-9-6-7-11(8-9)10-4-2-3-5-10;1-8-6-9-4-2-3-5-10(9)7-8;1-7-5-8-3-2-4-9(8)6-7;8*1-2/h2-10H,1H3;2-8H,9H2,1H3;2-4,6-7H,5,8H2,1H3;2-6H,7H2,1H3;2-3,6H,4-5H2,1H3;8*1-2H3. The molecule has 0 N–H and O–H groups in total. The number of hydrogen-bond acceptors (Lipinski definition) is 0. The zero-order chi connectivity index (χ0) is 54.4. The Morgan fingerprint density at radius 3 is 1.24 bits per heavy atom. The fourth-order valence-electron chi connectivity index (χ4n) is 7.45. The number of aryl methyl sites for hydroxylation is 1. The maximum Gasteiger partial charge on any atom is -0.00606 e. The summed E-state index contributed by atoms with van der Waals surface area (Å²) < 4.78 is 0. The van der Waals surface area contributed by atoms with Crippen molar-refractivity contribution in [3.05, 3.63) is 237 Å². The Labute approximate surface area is 441 Å². The van der Waals surface area contributed by atoms with Crippen molar-refractivity contribution >= 4 is 11.6 Å². The van der Waals surface area contributed by atoms with Crippen molar-refractivity contribution in [2.45, 2.75) is 184 Å². The molecule has 0 bridgehead atoms. The first-order valence-electron chi connectivity index (χ1n) is 27.9. The molecule has 0 unspecified atom stereocenters. The quantitative estimate of drug-likeness (QED) is 0.192. The van der Waals surface area contributed by atoms with E-state index in [4.69, 9.17) is 0 Å². The maximum atomic E-state index is 2.31. The van der Waals surface area contributed by atoms with E-state index in [1.54, 1.807) is 11.1 Å². The molecular weight excluding hydrogens is 853 g/mol. The molecule has 6 aliphatic rings. The molecule has 0 spiro atoms. The van der Waals surface area contributed by atoms with Crippen LogP contribution in [0.4, 0.5) is 0 Å². The number of rotatable bonds is 3. The molecule has 0 nitrogen and oxygen atoms in total. The number of allylic oxidation sites excluding steroid dienone is 19. The summed E-state index contributed by atoms with van der Waals surface area (Å²) in [6.07, 6.45) is 31.4. The molecule has 0 saturated heterocycles. The lowest BCUT2D eigenvalue weighted by atomic mass is 10.0. The van der Waals surface area contributed by atoms with Gasteiger partial charge in [-0.2, -0.15) is 0 Å². The van der Waals surface area contributed by atoms with Gasteiger partial charge < -0.3 is 0 Å². The third-order valence-corrected chi connectivity index (χ3v) is 10.4. The molecule has 0 heteroatoms. The van der Waals surface area contributed by atoms with Crippen LogP contribution in [-0.4, -0.2) is 0 Å². The van der Waals surface area contributed by atoms with Gasteiger partial charge in [0.2, 0.25) is 0 Å². The van der Waals surface area contributed by atoms with E-state index in [2.05, 4.69) is 205 Å². The normalized spacial score (nSPS) is 13.5. The second kappa shape index (κ2) is 46.7. The molecule has 71 heavy (non-hydrogen) atoms. The Morgan fingerprint density at radius 2 is 0.775 bits per heavy atom. The largest absolute Gasteiger partial charge is 0.0801 e. The zero-order valence-electron chi connectivity index (χ0n) is 49.5. The first-order valence-corrected chi connectivity index (χ1v) is 27.9. The van der Waals surface area contributed by atoms with E-state index in [0.717, 1.165) is 25.7 Å². The molecule has 0 saturated carbocycles. The lowest BCUT2D eigenvalue weighted by Gasteiger charge is -2.02. The van der Waals surface area contributed by atoms with Gasteiger partial charge in [0.25, 0.3) is 0 Å². The van der Waals surface area contributed by atoms with Crippen molar-refractivity contribution in [3.8, 4) is 11.1 Å². The molecular formula is C71H104. The highest BCUT2D eigenvalue weighted by atomic mass is 14.2. The monoisotopic (exact) mass is 957 g/mol. The highest BCUT2D eigenvalue weighted by Gasteiger charge is 2.13. The van der Waals surface area contributed by atoms with Gasteiger partial charge in [-0.1, -0.05) is 315 Å². The molecule has 0 atom stereocenters. The van der Waals surface area contributed by atoms with E-state index in [1.807, 2.05) is 117 Å². The summed E-state index contributed by atoms with van der Waals surface area (Å²) >= 11 is 0. The highest BCUT2D eigenvalue weighted by Crippen LogP contribution is 2.33. The van der Waals surface area contributed by atoms with Gasteiger partial charge in [-0.3, -0.25) is 0 Å². The van der Waals surface area contributed by atoms with Crippen LogP contribution in [0.2, 0.25) is 0 Å². The van der Waals surface area contributed by atoms with Crippen LogP contribution in [0.1, 0.15) is 193 Å². The second-order valence-electron chi connectivity index (χ2n) is 15.4. The van der Waals surface area contributed by atoms with Crippen molar-refractivity contribution in [1.29, 1.82) is 0 Å². The van der Waals surface area contributed by atoms with Crippen molar-refractivity contribution < 1.29 is 0 Å². The molecule has 388 valence electrons. The minimum atomic E-state index is 1.12. The Balaban J connectivity index is -0.000000761. The van der Waals surface area contributed by atoms with Gasteiger partial charge in [0, 0.05) is 0 Å². The summed E-state index contributed by atoms with van der Waals surface area (Å²) in [4.78, 5) is 0. The van der Waals surface area contributed by atoms with E-state index in [0.29, 0.717) is 0 Å². The lowest BCUT2D eigenvalue weighted by Crippen LogP contribution is -1.83. The minimum absolute atomic E-state index is 1.12. The van der Waals surface area contributed by atoms with Gasteiger partial charge in [0.15, 0.2) is 0 Å². The Hall–Kier alpha value is -5.72. The molecule has 4 aromatic carbocycles. The zero-order valence-corrected chi connectivity index (χ0v) is 49.5. The lowest BCUT2D eigenvalue weighted by molar-refractivity contribution is 1.12. The highest BCUT2D eigenvalue weighted by molar-refractivity contribution is 5.72. The van der Waals surface area contributed by atoms with Crippen molar-refractivity contribution in [2.24, 2.45) is 0 Å². The molecule has 0 amide bonds. The van der Waals surface area contributed by atoms with Crippen molar-refractivity contribution in [3.63, 3.8) is 0 Å². The van der Waals surface area contributed by atoms with Crippen LogP contribution >= 0.6 is 0 Å². The third-order valence-electron chi connectivity index (χ3n) is 10.4. The fourth-order valence-corrected chi connectivity index (χ4v) is 7.45. The van der Waals surface area contributed by atoms with Crippen LogP contribution in [0.25, 0.3) is 22.8 Å². The predicted molar refractivity (Wildman–Crippen MR) is 331 cm³/mol. The van der Waals surface area contributed by atoms with E-state index in [9.17, 15) is 0 Å². The minimum Gasteiger partial charge on any atom is -0.0801 e. The van der Waals surface area contributed by atoms with Crippen LogP contribution in [0.15, 0.2) is 215 Å². The van der Waals surface area contributed by atoms with Gasteiger partial charge in [-0.05, 0) is 129 Å². The third kappa shape index (κ3) is 28.1. The molecule has 0 radical (unpaired) electrons. The van der Waals surface area contributed by atoms with E-state index >= 15 is 0 Å². The number of hydrogen-bond donors (Lipinski definition) is 0. The molecule has 4 aromatic rings. The van der Waals surface area contributed by atoms with Crippen LogP contribution in [0, 0.1) is 6.92 Å². The number of fused-ring (bicyclic) bond motifs is 1. The predicted octanol–water partition coefficient (Wildman–Crippen LogP) is 23.7. The van der Waals surface area contributed by atoms with Gasteiger partial charge in [0.05, 0.1) is 0 Å². The summed E-state index contributed by atoms with van der Waals surface area (Å²) in [5, 5.41) is 0. The van der Waals surface area contributed by atoms with E-state index in [1.165, 1.54) is 85.2 Å². The summed E-state index contributed by atoms with van der Waals surface area (Å²) in [6, 6.07) is 38.1. The average molecular weight is 958 g/mol. The second-order valence-corrected chi connectivity index (χ2v) is 15.4. The fraction of sp³-hybridized carbons (Fsp3) is 0.380. The average Bonchev–Trinajstić information content (AvgIpc) is 4.34. The Morgan fingerprint density at radius 1 is 0.310 bits per heavy atom. The first kappa shape index (κ1) is 69.5. The SMILES string of the molecule is CC.CC.CC.CC.CC.CC.CC.CC.CC1=CC2=C(C=CC2)C1.CC1=CC=C(C2=CC=CC2)C1.CC1=CC=C(c2ccccc2)C1.CC1=Cc2ccccc2C1.Cc1ccc(-c2ccccc2)cc1. The molecule has 0 aliphatic heterocycles. The van der Waals surface area contributed by atoms with Crippen molar-refractivity contribution in [1.82, 2.24) is 0 Å². The molecule has 0 aromatic heterocycles. The van der Waals surface area contributed by atoms with Gasteiger partial charge >= 0.3 is 0 Å². The first-order chi connectivity index (χ1) is 34.8. The summed E-state index contributed by atoms with van der Waals surface area (Å²) in [5.41, 5.74) is 21.6. The van der Waals surface area contributed by atoms with Crippen LogP contribution < -0.4 is 0 Å². The van der Waals surface area contributed by atoms with Crippen LogP contribution in [0.5, 0.6) is 0 Å². The molecule has 6 aliphatic carbocycles. The summed E-state index contributed by atoms with van der Waals surface area (Å²) in [6.45, 7) is 42.8. The summed E-state index contributed by atoms with van der Waals surface area (Å²) in [5.74, 6) is 0. The molecule has 0 fully saturated rings. The van der Waals surface area contributed by atoms with Gasteiger partial charge in [-0.25, -0.2) is 0 Å². The van der Waals surface area contributed by atoms with Gasteiger partial charge in [0.1, 0.15) is 0 Å². The van der Waals surface area contributed by atoms with Crippen molar-refractivity contribution in [2.75, 3.05) is 0 Å². The smallest absolute Gasteiger partial charge is 0.00606 e. The van der Waals surface area contributed by atoms with E-state index in [-0.39, 0.29) is 0 Å². The van der Waals surface area contributed by atoms with E-state index < -0.39 is 0 Å². The maximum absolute atomic E-state index is 2.31. The van der Waals surface area contributed by atoms with Crippen LogP contribution in [0.3, 0.4) is 0 Å². The Kier molecular flexibility index (Phi) is 45.7. The molecule has 10 rings (SSSR count). The Bertz CT molecular complexity index is 2250.